The highest BCUT2D eigenvalue weighted by Crippen LogP contribution is 2.37. The summed E-state index contributed by atoms with van der Waals surface area (Å²) < 4.78 is 0. The van der Waals surface area contributed by atoms with Gasteiger partial charge in [-0.15, -0.1) is 11.8 Å². The molecule has 0 unspecified atom stereocenters. The minimum atomic E-state index is -0.473. The fourth-order valence-corrected chi connectivity index (χ4v) is 5.09. The summed E-state index contributed by atoms with van der Waals surface area (Å²) in [5.74, 6) is 0.987. The predicted octanol–water partition coefficient (Wildman–Crippen LogP) is 4.68. The van der Waals surface area contributed by atoms with E-state index in [4.69, 9.17) is 0 Å². The van der Waals surface area contributed by atoms with Crippen LogP contribution in [0.3, 0.4) is 0 Å². The Hall–Kier alpha value is -1.37. The Morgan fingerprint density at radius 2 is 1.90 bits per heavy atom. The lowest BCUT2D eigenvalue weighted by molar-refractivity contribution is -0.117. The van der Waals surface area contributed by atoms with Crippen molar-refractivity contribution >= 4 is 23.3 Å². The number of aliphatic hydroxyl groups excluding tert-OH is 2. The van der Waals surface area contributed by atoms with Gasteiger partial charge in [-0.1, -0.05) is 42.6 Å². The number of rotatable bonds is 13. The van der Waals surface area contributed by atoms with Gasteiger partial charge in [0.05, 0.1) is 17.9 Å². The Labute approximate surface area is 178 Å². The average molecular weight is 422 g/mol. The summed E-state index contributed by atoms with van der Waals surface area (Å²) in [6.45, 7) is 1.63. The van der Waals surface area contributed by atoms with Crippen LogP contribution < -0.4 is 0 Å². The number of thioether (sulfide) groups is 1. The van der Waals surface area contributed by atoms with Crippen molar-refractivity contribution in [2.75, 3.05) is 5.75 Å². The molecular formula is C23H35NO4S. The molecule has 0 aromatic heterocycles. The lowest BCUT2D eigenvalue weighted by atomic mass is 9.85. The molecule has 1 aromatic carbocycles. The molecule has 162 valence electrons. The fraction of sp³-hybridized carbons (Fsp3) is 0.652. The van der Waals surface area contributed by atoms with E-state index in [0.717, 1.165) is 43.4 Å². The van der Waals surface area contributed by atoms with Crippen LogP contribution in [-0.4, -0.2) is 44.9 Å². The molecule has 4 atom stereocenters. The van der Waals surface area contributed by atoms with Gasteiger partial charge in [0.15, 0.2) is 0 Å². The van der Waals surface area contributed by atoms with E-state index >= 15 is 0 Å². The van der Waals surface area contributed by atoms with E-state index in [1.165, 1.54) is 0 Å². The van der Waals surface area contributed by atoms with Crippen molar-refractivity contribution in [3.63, 3.8) is 0 Å². The lowest BCUT2D eigenvalue weighted by Crippen LogP contribution is -2.23. The van der Waals surface area contributed by atoms with Crippen LogP contribution in [0.2, 0.25) is 0 Å². The Kier molecular flexibility index (Phi) is 10.7. The molecule has 3 N–H and O–H groups in total. The number of hydrogen-bond donors (Lipinski definition) is 3. The third-order valence-electron chi connectivity index (χ3n) is 5.80. The van der Waals surface area contributed by atoms with Crippen molar-refractivity contribution in [3.05, 3.63) is 30.3 Å². The first-order valence-corrected chi connectivity index (χ1v) is 11.7. The van der Waals surface area contributed by atoms with E-state index < -0.39 is 12.2 Å². The number of oxime groups is 1. The van der Waals surface area contributed by atoms with Crippen LogP contribution in [-0.2, 0) is 4.79 Å². The third-order valence-corrected chi connectivity index (χ3v) is 6.96. The molecular weight excluding hydrogens is 386 g/mol. The second-order valence-electron chi connectivity index (χ2n) is 8.14. The van der Waals surface area contributed by atoms with Crippen molar-refractivity contribution in [2.24, 2.45) is 17.0 Å². The zero-order chi connectivity index (χ0) is 21.1. The predicted molar refractivity (Wildman–Crippen MR) is 118 cm³/mol. The van der Waals surface area contributed by atoms with Crippen LogP contribution in [0.1, 0.15) is 64.7 Å². The first-order chi connectivity index (χ1) is 14.0. The van der Waals surface area contributed by atoms with Gasteiger partial charge < -0.3 is 20.2 Å². The normalized spacial score (nSPS) is 24.1. The first kappa shape index (κ1) is 23.9. The molecule has 1 fully saturated rings. The van der Waals surface area contributed by atoms with Crippen LogP contribution in [0.15, 0.2) is 40.4 Å². The molecule has 1 saturated carbocycles. The topological polar surface area (TPSA) is 90.1 Å². The molecule has 0 heterocycles. The van der Waals surface area contributed by atoms with Gasteiger partial charge in [0, 0.05) is 29.4 Å². The number of ketones is 1. The molecule has 29 heavy (non-hydrogen) atoms. The minimum absolute atomic E-state index is 0.0311. The van der Waals surface area contributed by atoms with Crippen molar-refractivity contribution in [1.29, 1.82) is 0 Å². The molecule has 6 heteroatoms. The highest BCUT2D eigenvalue weighted by Gasteiger charge is 2.39. The zero-order valence-corrected chi connectivity index (χ0v) is 18.2. The summed E-state index contributed by atoms with van der Waals surface area (Å²) in [5.41, 5.74) is 0.669. The standard InChI is InChI=1S/C23H35NO4S/c1-17(25)9-5-2-3-8-12-21-20(22(24-28)15-23(21)27)14-13-18(26)16-29-19-10-6-4-7-11-19/h4,6-7,10-11,18,20-21,23,26-28H,2-3,5,8-9,12-16H2,1H3/b24-22+/t18-,20-,21-,23+/m1/s1. The number of hydrogen-bond acceptors (Lipinski definition) is 6. The lowest BCUT2D eigenvalue weighted by Gasteiger charge is -2.23. The van der Waals surface area contributed by atoms with E-state index in [-0.39, 0.29) is 17.6 Å². The number of carbonyl (C=O) groups excluding carboxylic acids is 1. The molecule has 0 bridgehead atoms. The van der Waals surface area contributed by atoms with E-state index in [1.807, 2.05) is 30.3 Å². The summed E-state index contributed by atoms with van der Waals surface area (Å²) >= 11 is 1.64. The van der Waals surface area contributed by atoms with Crippen molar-refractivity contribution in [3.8, 4) is 0 Å². The molecule has 1 aliphatic rings. The summed E-state index contributed by atoms with van der Waals surface area (Å²) in [5, 5.41) is 33.6. The maximum absolute atomic E-state index is 11.0. The zero-order valence-electron chi connectivity index (χ0n) is 17.4. The molecule has 0 radical (unpaired) electrons. The highest BCUT2D eigenvalue weighted by atomic mass is 32.2. The third kappa shape index (κ3) is 8.49. The first-order valence-electron chi connectivity index (χ1n) is 10.8. The summed E-state index contributed by atoms with van der Waals surface area (Å²) in [4.78, 5) is 12.1. The van der Waals surface area contributed by atoms with Gasteiger partial charge in [-0.05, 0) is 50.7 Å². The van der Waals surface area contributed by atoms with Crippen molar-refractivity contribution in [1.82, 2.24) is 0 Å². The number of unbranched alkanes of at least 4 members (excludes halogenated alkanes) is 3. The SMILES string of the molecule is CC(=O)CCCCCC[C@H]1[C@@H](O)C/C(=N\O)[C@@H]1CC[C@@H](O)CSc1ccccc1. The molecule has 5 nitrogen and oxygen atoms in total. The maximum atomic E-state index is 11.0. The van der Waals surface area contributed by atoms with Gasteiger partial charge in [-0.25, -0.2) is 0 Å². The van der Waals surface area contributed by atoms with E-state index in [1.54, 1.807) is 18.7 Å². The second kappa shape index (κ2) is 13.0. The van der Waals surface area contributed by atoms with Crippen molar-refractivity contribution < 1.29 is 20.2 Å². The van der Waals surface area contributed by atoms with Gasteiger partial charge in [-0.2, -0.15) is 0 Å². The Morgan fingerprint density at radius 3 is 2.59 bits per heavy atom. The monoisotopic (exact) mass is 421 g/mol. The summed E-state index contributed by atoms with van der Waals surface area (Å²) in [6, 6.07) is 10.0. The van der Waals surface area contributed by atoms with Gasteiger partial charge in [-0.3, -0.25) is 0 Å². The van der Waals surface area contributed by atoms with Crippen LogP contribution in [0, 0.1) is 11.8 Å². The Morgan fingerprint density at radius 1 is 1.17 bits per heavy atom. The van der Waals surface area contributed by atoms with Gasteiger partial charge in [0.25, 0.3) is 0 Å². The Balaban J connectivity index is 1.76. The summed E-state index contributed by atoms with van der Waals surface area (Å²) in [6.07, 6.45) is 6.42. The van der Waals surface area contributed by atoms with E-state index in [2.05, 4.69) is 5.16 Å². The number of carbonyl (C=O) groups is 1. The molecule has 1 aliphatic carbocycles. The molecule has 0 saturated heterocycles. The van der Waals surface area contributed by atoms with E-state index in [0.29, 0.717) is 30.7 Å². The number of benzene rings is 1. The van der Waals surface area contributed by atoms with Crippen molar-refractivity contribution in [2.45, 2.75) is 81.8 Å². The van der Waals surface area contributed by atoms with Crippen LogP contribution in [0.25, 0.3) is 0 Å². The maximum Gasteiger partial charge on any atom is 0.129 e. The average Bonchev–Trinajstić information content (AvgIpc) is 3.02. The second-order valence-corrected chi connectivity index (χ2v) is 9.24. The van der Waals surface area contributed by atoms with E-state index in [9.17, 15) is 20.2 Å². The largest absolute Gasteiger partial charge is 0.411 e. The molecule has 0 spiro atoms. The number of Topliss-reactive ketones (excluding diaryl/α,β-unsaturated/α-hetero) is 1. The smallest absolute Gasteiger partial charge is 0.129 e. The van der Waals surface area contributed by atoms with Gasteiger partial charge in [0.1, 0.15) is 5.78 Å². The molecule has 0 amide bonds. The van der Waals surface area contributed by atoms with Crippen LogP contribution in [0.5, 0.6) is 0 Å². The minimum Gasteiger partial charge on any atom is -0.411 e. The number of nitrogens with zero attached hydrogens (tertiary/aromatic N) is 1. The Bertz CT molecular complexity index is 637. The fourth-order valence-electron chi connectivity index (χ4n) is 4.19. The summed E-state index contributed by atoms with van der Waals surface area (Å²) in [7, 11) is 0. The molecule has 0 aliphatic heterocycles. The molecule has 1 aromatic rings. The quantitative estimate of drug-likeness (QED) is 0.186. The highest BCUT2D eigenvalue weighted by molar-refractivity contribution is 7.99. The number of aliphatic hydroxyl groups is 2. The van der Waals surface area contributed by atoms with Gasteiger partial charge >= 0.3 is 0 Å². The molecule has 2 rings (SSSR count). The van der Waals surface area contributed by atoms with Crippen LogP contribution in [0.4, 0.5) is 0 Å². The van der Waals surface area contributed by atoms with Crippen LogP contribution >= 0.6 is 11.8 Å². The van der Waals surface area contributed by atoms with Gasteiger partial charge in [0.2, 0.25) is 0 Å².